The van der Waals surface area contributed by atoms with Crippen molar-refractivity contribution in [3.8, 4) is 0 Å². The zero-order valence-electron chi connectivity index (χ0n) is 2.73. The quantitative estimate of drug-likeness (QED) is 0.355. The van der Waals surface area contributed by atoms with Crippen LogP contribution in [0.2, 0.25) is 0 Å². The van der Waals surface area contributed by atoms with Gasteiger partial charge in [0.05, 0.1) is 0 Å². The summed E-state index contributed by atoms with van der Waals surface area (Å²) in [5.41, 5.74) is 0. The molecule has 0 aliphatic carbocycles. The monoisotopic (exact) mass is 52.0 g/mol. The van der Waals surface area contributed by atoms with Gasteiger partial charge in [0.25, 0.3) is 0 Å². The first-order valence-electron chi connectivity index (χ1n) is 1.24. The van der Waals surface area contributed by atoms with Gasteiger partial charge in [0.15, 0.2) is 0 Å². The molecule has 0 saturated carbocycles. The van der Waals surface area contributed by atoms with Crippen LogP contribution in [0.15, 0.2) is 12.1 Å². The van der Waals surface area contributed by atoms with Gasteiger partial charge in [-0.15, -0.1) is 12.1 Å². The zero-order valence-corrected chi connectivity index (χ0v) is 2.73. The molecule has 20 valence electrons. The van der Waals surface area contributed by atoms with Gasteiger partial charge < -0.3 is 0 Å². The Labute approximate surface area is 27.9 Å². The fourth-order valence-corrected chi connectivity index (χ4v) is 0. The van der Waals surface area contributed by atoms with Gasteiger partial charge >= 0.3 is 0 Å². The van der Waals surface area contributed by atoms with E-state index in [1.165, 1.54) is 5.98 Å². The molecule has 0 aromatic heterocycles. The minimum atomic E-state index is 1.50. The molecular weight excluding hydrogens is 46.8 g/mol. The van der Waals surface area contributed by atoms with Crippen LogP contribution in [0, 0.1) is 0 Å². The van der Waals surface area contributed by atoms with Gasteiger partial charge in [-0.3, -0.25) is 0 Å². The molecule has 0 aromatic carbocycles. The molecule has 0 rings (SSSR count). The highest BCUT2D eigenvalue weighted by Gasteiger charge is 1.35. The van der Waals surface area contributed by atoms with E-state index in [-0.39, 0.29) is 0 Å². The molecule has 0 saturated heterocycles. The third kappa shape index (κ3) is 1.80. The molecule has 0 amide bonds. The standard InChI is InChI=1S/C3H5B/c1-2-3-4/h2-3H,1H3/b3-2-. The van der Waals surface area contributed by atoms with Crippen LogP contribution < -0.4 is 0 Å². The van der Waals surface area contributed by atoms with Crippen molar-refractivity contribution in [1.29, 1.82) is 0 Å². The molecule has 2 radical (unpaired) electrons. The van der Waals surface area contributed by atoms with Crippen LogP contribution in [0.4, 0.5) is 0 Å². The molecule has 0 aliphatic heterocycles. The van der Waals surface area contributed by atoms with E-state index in [2.05, 4.69) is 0 Å². The van der Waals surface area contributed by atoms with Crippen molar-refractivity contribution >= 4 is 7.85 Å². The number of hydrogen-bond donors (Lipinski definition) is 0. The summed E-state index contributed by atoms with van der Waals surface area (Å²) in [5, 5.41) is 0. The molecule has 0 unspecified atom stereocenters. The molecule has 0 fully saturated rings. The van der Waals surface area contributed by atoms with Gasteiger partial charge in [-0.2, -0.15) is 0 Å². The lowest BCUT2D eigenvalue weighted by atomic mass is 10.1. The van der Waals surface area contributed by atoms with Crippen LogP contribution in [0.5, 0.6) is 0 Å². The van der Waals surface area contributed by atoms with Crippen LogP contribution in [-0.4, -0.2) is 7.85 Å². The maximum atomic E-state index is 4.85. The first-order valence-corrected chi connectivity index (χ1v) is 1.24. The molecule has 1 heteroatoms. The minimum Gasteiger partial charge on any atom is -0.136 e. The lowest BCUT2D eigenvalue weighted by molar-refractivity contribution is 1.78. The van der Waals surface area contributed by atoms with Crippen LogP contribution in [0.25, 0.3) is 0 Å². The Kier molecular flexibility index (Phi) is 2.67. The molecule has 4 heavy (non-hydrogen) atoms. The largest absolute Gasteiger partial charge is 0.136 e. The average molecular weight is 51.9 g/mol. The number of rotatable bonds is 0. The second kappa shape index (κ2) is 2.80. The molecule has 0 spiro atoms. The smallest absolute Gasteiger partial charge is 0.102 e. The van der Waals surface area contributed by atoms with Crippen molar-refractivity contribution in [3.63, 3.8) is 0 Å². The van der Waals surface area contributed by atoms with Crippen LogP contribution in [-0.2, 0) is 0 Å². The van der Waals surface area contributed by atoms with E-state index in [0.29, 0.717) is 0 Å². The second-order valence-electron chi connectivity index (χ2n) is 0.526. The highest BCUT2D eigenvalue weighted by Crippen LogP contribution is 1.50. The Balaban J connectivity index is 2.55. The topological polar surface area (TPSA) is 0 Å². The highest BCUT2D eigenvalue weighted by atomic mass is 13.3. The first-order chi connectivity index (χ1) is 1.91. The van der Waals surface area contributed by atoms with Crippen molar-refractivity contribution in [2.24, 2.45) is 0 Å². The van der Waals surface area contributed by atoms with Crippen LogP contribution in [0.1, 0.15) is 6.92 Å². The zero-order chi connectivity index (χ0) is 3.41. The molecule has 0 aliphatic rings. The van der Waals surface area contributed by atoms with Crippen molar-refractivity contribution < 1.29 is 0 Å². The van der Waals surface area contributed by atoms with E-state index in [9.17, 15) is 0 Å². The Hall–Kier alpha value is -0.195. The maximum absolute atomic E-state index is 4.85. The fraction of sp³-hybridized carbons (Fsp3) is 0.333. The van der Waals surface area contributed by atoms with Gasteiger partial charge in [-0.1, -0.05) is 0 Å². The van der Waals surface area contributed by atoms with Crippen LogP contribution >= 0.6 is 0 Å². The molecule has 0 atom stereocenters. The molecule has 0 heterocycles. The molecule has 0 N–H and O–H groups in total. The van der Waals surface area contributed by atoms with E-state index in [0.717, 1.165) is 0 Å². The van der Waals surface area contributed by atoms with E-state index in [1.807, 2.05) is 6.92 Å². The normalized spacial score (nSPS) is 9.25. The summed E-state index contributed by atoms with van der Waals surface area (Å²) in [6, 6.07) is 0. The molecule has 0 aromatic rings. The van der Waals surface area contributed by atoms with E-state index in [4.69, 9.17) is 7.85 Å². The summed E-state index contributed by atoms with van der Waals surface area (Å²) in [5.74, 6) is 1.50. The minimum absolute atomic E-state index is 1.50. The van der Waals surface area contributed by atoms with Gasteiger partial charge in [-0.25, -0.2) is 0 Å². The van der Waals surface area contributed by atoms with E-state index in [1.54, 1.807) is 6.08 Å². The highest BCUT2D eigenvalue weighted by molar-refractivity contribution is 6.16. The lowest BCUT2D eigenvalue weighted by Gasteiger charge is -1.49. The SMILES string of the molecule is [B]/C=C\C. The van der Waals surface area contributed by atoms with Gasteiger partial charge in [-0.05, 0) is 6.92 Å². The second-order valence-corrected chi connectivity index (χ2v) is 0.526. The van der Waals surface area contributed by atoms with Crippen molar-refractivity contribution in [1.82, 2.24) is 0 Å². The Bertz CT molecular complexity index is 18.5. The number of allylic oxidation sites excluding steroid dienone is 1. The molecule has 0 nitrogen and oxygen atoms in total. The summed E-state index contributed by atoms with van der Waals surface area (Å²) in [6.07, 6.45) is 1.78. The Morgan fingerprint density at radius 1 is 1.75 bits per heavy atom. The first kappa shape index (κ1) is 3.80. The summed E-state index contributed by atoms with van der Waals surface area (Å²) < 4.78 is 0. The lowest BCUT2D eigenvalue weighted by Crippen LogP contribution is -1.39. The Morgan fingerprint density at radius 2 is 2.00 bits per heavy atom. The molecular formula is C3H5B. The van der Waals surface area contributed by atoms with E-state index < -0.39 is 0 Å². The number of hydrogen-bond acceptors (Lipinski definition) is 0. The van der Waals surface area contributed by atoms with Crippen molar-refractivity contribution in [2.45, 2.75) is 6.92 Å². The molecule has 0 bridgehead atoms. The predicted molar refractivity (Wildman–Crippen MR) is 20.6 cm³/mol. The van der Waals surface area contributed by atoms with Gasteiger partial charge in [0.1, 0.15) is 7.85 Å². The summed E-state index contributed by atoms with van der Waals surface area (Å²) in [7, 11) is 4.85. The summed E-state index contributed by atoms with van der Waals surface area (Å²) in [4.78, 5) is 0. The Morgan fingerprint density at radius 3 is 2.00 bits per heavy atom. The van der Waals surface area contributed by atoms with Gasteiger partial charge in [0.2, 0.25) is 0 Å². The summed E-state index contributed by atoms with van der Waals surface area (Å²) in [6.45, 7) is 1.88. The van der Waals surface area contributed by atoms with Crippen molar-refractivity contribution in [2.75, 3.05) is 0 Å². The predicted octanol–water partition coefficient (Wildman–Crippen LogP) is 0.688. The summed E-state index contributed by atoms with van der Waals surface area (Å²) >= 11 is 0. The maximum Gasteiger partial charge on any atom is 0.102 e. The third-order valence-electron chi connectivity index (χ3n) is 0.192. The average Bonchev–Trinajstić information content (AvgIpc) is 1.37. The van der Waals surface area contributed by atoms with Gasteiger partial charge in [0, 0.05) is 0 Å². The third-order valence-corrected chi connectivity index (χ3v) is 0.192. The van der Waals surface area contributed by atoms with Crippen molar-refractivity contribution in [3.05, 3.63) is 12.1 Å². The van der Waals surface area contributed by atoms with E-state index >= 15 is 0 Å². The van der Waals surface area contributed by atoms with Crippen LogP contribution in [0.3, 0.4) is 0 Å². The fourth-order valence-electron chi connectivity index (χ4n) is 0.